The van der Waals surface area contributed by atoms with Crippen LogP contribution in [0.4, 0.5) is 0 Å². The van der Waals surface area contributed by atoms with Crippen LogP contribution in [-0.2, 0) is 0 Å². The molecule has 2 aromatic rings. The molecule has 0 spiro atoms. The average Bonchev–Trinajstić information content (AvgIpc) is 2.82. The topological polar surface area (TPSA) is 68.0 Å². The van der Waals surface area contributed by atoms with Crippen LogP contribution in [0.5, 0.6) is 0 Å². The molecule has 0 bridgehead atoms. The number of nitrogens with zero attached hydrogens (tertiary/aromatic N) is 3. The summed E-state index contributed by atoms with van der Waals surface area (Å²) in [7, 11) is 0. The molecule has 2 heterocycles. The van der Waals surface area contributed by atoms with Gasteiger partial charge in [-0.3, -0.25) is 0 Å². The zero-order chi connectivity index (χ0) is 12.6. The highest BCUT2D eigenvalue weighted by Gasteiger charge is 2.17. The monoisotopic (exact) mass is 251 g/mol. The van der Waals surface area contributed by atoms with Crippen molar-refractivity contribution < 1.29 is 9.90 Å². The van der Waals surface area contributed by atoms with Crippen molar-refractivity contribution in [3.63, 3.8) is 0 Å². The highest BCUT2D eigenvalue weighted by atomic mass is 32.1. The molecule has 0 saturated carbocycles. The lowest BCUT2D eigenvalue weighted by atomic mass is 10.3. The third kappa shape index (κ3) is 2.08. The molecule has 17 heavy (non-hydrogen) atoms. The Morgan fingerprint density at radius 1 is 1.53 bits per heavy atom. The van der Waals surface area contributed by atoms with Crippen molar-refractivity contribution in [2.75, 3.05) is 0 Å². The highest BCUT2D eigenvalue weighted by molar-refractivity contribution is 7.17. The first kappa shape index (κ1) is 11.8. The van der Waals surface area contributed by atoms with Crippen molar-refractivity contribution in [1.29, 1.82) is 0 Å². The highest BCUT2D eigenvalue weighted by Crippen LogP contribution is 2.29. The van der Waals surface area contributed by atoms with Crippen LogP contribution in [0.1, 0.15) is 35.3 Å². The van der Waals surface area contributed by atoms with Crippen molar-refractivity contribution >= 4 is 17.3 Å². The third-order valence-corrected chi connectivity index (χ3v) is 3.60. The van der Waals surface area contributed by atoms with Crippen molar-refractivity contribution in [3.05, 3.63) is 23.1 Å². The van der Waals surface area contributed by atoms with E-state index in [9.17, 15) is 4.79 Å². The molecule has 1 N–H and O–H groups in total. The molecule has 90 valence electrons. The first-order valence-electron chi connectivity index (χ1n) is 5.23. The fourth-order valence-corrected chi connectivity index (χ4v) is 2.51. The number of aromatic carboxylic acids is 1. The van der Waals surface area contributed by atoms with Crippen molar-refractivity contribution in [2.24, 2.45) is 0 Å². The second-order valence-corrected chi connectivity index (χ2v) is 5.02. The summed E-state index contributed by atoms with van der Waals surface area (Å²) in [5, 5.41) is 9.70. The summed E-state index contributed by atoms with van der Waals surface area (Å²) >= 11 is 1.19. The summed E-state index contributed by atoms with van der Waals surface area (Å²) in [6, 6.07) is 0.269. The molecule has 2 rings (SSSR count). The largest absolute Gasteiger partial charge is 0.477 e. The van der Waals surface area contributed by atoms with E-state index in [-0.39, 0.29) is 10.9 Å². The summed E-state index contributed by atoms with van der Waals surface area (Å²) in [6.45, 7) is 5.80. The first-order chi connectivity index (χ1) is 8.00. The standard InChI is InChI=1S/C11H13N3O2S/c1-6(2)14-5-12-4-8(14)10-13-7(3)9(17-10)11(15)16/h4-6H,1-3H3,(H,15,16). The van der Waals surface area contributed by atoms with E-state index < -0.39 is 5.97 Å². The minimum Gasteiger partial charge on any atom is -0.477 e. The van der Waals surface area contributed by atoms with E-state index in [1.54, 1.807) is 19.4 Å². The summed E-state index contributed by atoms with van der Waals surface area (Å²) < 4.78 is 1.98. The number of aromatic nitrogens is 3. The predicted octanol–water partition coefficient (Wildman–Crippen LogP) is 2.59. The lowest BCUT2D eigenvalue weighted by molar-refractivity contribution is 0.0701. The van der Waals surface area contributed by atoms with E-state index in [0.29, 0.717) is 10.7 Å². The Bertz CT molecular complexity index is 557. The second-order valence-electron chi connectivity index (χ2n) is 4.02. The fraction of sp³-hybridized carbons (Fsp3) is 0.364. The molecule has 6 heteroatoms. The van der Waals surface area contributed by atoms with Gasteiger partial charge in [0, 0.05) is 6.04 Å². The Kier molecular flexibility index (Phi) is 2.97. The van der Waals surface area contributed by atoms with Gasteiger partial charge in [0.25, 0.3) is 0 Å². The van der Waals surface area contributed by atoms with Crippen LogP contribution >= 0.6 is 11.3 Å². The molecule has 0 radical (unpaired) electrons. The minimum atomic E-state index is -0.929. The molecule has 0 amide bonds. The molecule has 0 aliphatic heterocycles. The van der Waals surface area contributed by atoms with Crippen molar-refractivity contribution in [2.45, 2.75) is 26.8 Å². The number of carboxylic acids is 1. The van der Waals surface area contributed by atoms with Gasteiger partial charge in [0.2, 0.25) is 0 Å². The van der Waals surface area contributed by atoms with Crippen LogP contribution in [0.25, 0.3) is 10.7 Å². The molecular weight excluding hydrogens is 238 g/mol. The number of rotatable bonds is 3. The summed E-state index contributed by atoms with van der Waals surface area (Å²) in [5.74, 6) is -0.929. The Morgan fingerprint density at radius 3 is 2.76 bits per heavy atom. The Morgan fingerprint density at radius 2 is 2.24 bits per heavy atom. The summed E-state index contributed by atoms with van der Waals surface area (Å²) in [4.78, 5) is 19.6. The van der Waals surface area contributed by atoms with Gasteiger partial charge in [0.05, 0.1) is 23.9 Å². The molecule has 0 unspecified atom stereocenters. The van der Waals surface area contributed by atoms with E-state index in [4.69, 9.17) is 5.11 Å². The van der Waals surface area contributed by atoms with Gasteiger partial charge >= 0.3 is 5.97 Å². The van der Waals surface area contributed by atoms with Gasteiger partial charge in [0.1, 0.15) is 9.88 Å². The third-order valence-electron chi connectivity index (χ3n) is 2.43. The summed E-state index contributed by atoms with van der Waals surface area (Å²) in [6.07, 6.45) is 3.45. The molecule has 0 aliphatic rings. The smallest absolute Gasteiger partial charge is 0.347 e. The molecule has 0 aromatic carbocycles. The number of carbonyl (C=O) groups is 1. The zero-order valence-electron chi connectivity index (χ0n) is 9.84. The van der Waals surface area contributed by atoms with Crippen molar-refractivity contribution in [1.82, 2.24) is 14.5 Å². The van der Waals surface area contributed by atoms with E-state index in [0.717, 1.165) is 5.69 Å². The number of hydrogen-bond acceptors (Lipinski definition) is 4. The number of carboxylic acid groups (broad SMARTS) is 1. The van der Waals surface area contributed by atoms with Crippen LogP contribution in [0.3, 0.4) is 0 Å². The SMILES string of the molecule is Cc1nc(-c2cncn2C(C)C)sc1C(=O)O. The van der Waals surface area contributed by atoms with Crippen LogP contribution in [0, 0.1) is 6.92 Å². The Hall–Kier alpha value is -1.69. The second kappa shape index (κ2) is 4.29. The predicted molar refractivity (Wildman–Crippen MR) is 65.4 cm³/mol. The molecule has 0 atom stereocenters. The number of hydrogen-bond donors (Lipinski definition) is 1. The van der Waals surface area contributed by atoms with Gasteiger partial charge in [-0.05, 0) is 20.8 Å². The Labute approximate surface area is 103 Å². The van der Waals surface area contributed by atoms with Crippen LogP contribution in [0.15, 0.2) is 12.5 Å². The molecule has 0 saturated heterocycles. The van der Waals surface area contributed by atoms with Crippen LogP contribution < -0.4 is 0 Å². The maximum Gasteiger partial charge on any atom is 0.347 e. The number of imidazole rings is 1. The normalized spacial score (nSPS) is 11.1. The van der Waals surface area contributed by atoms with Crippen LogP contribution in [-0.4, -0.2) is 25.6 Å². The van der Waals surface area contributed by atoms with Gasteiger partial charge in [-0.15, -0.1) is 11.3 Å². The summed E-state index contributed by atoms with van der Waals surface area (Å²) in [5.41, 5.74) is 1.41. The maximum absolute atomic E-state index is 11.0. The van der Waals surface area contributed by atoms with Gasteiger partial charge in [-0.2, -0.15) is 0 Å². The van der Waals surface area contributed by atoms with E-state index in [1.165, 1.54) is 11.3 Å². The zero-order valence-corrected chi connectivity index (χ0v) is 10.7. The lowest BCUT2D eigenvalue weighted by Gasteiger charge is -2.09. The fourth-order valence-electron chi connectivity index (χ4n) is 1.59. The minimum absolute atomic E-state index is 0.269. The molecule has 2 aromatic heterocycles. The molecule has 5 nitrogen and oxygen atoms in total. The quantitative estimate of drug-likeness (QED) is 0.910. The first-order valence-corrected chi connectivity index (χ1v) is 6.05. The van der Waals surface area contributed by atoms with Gasteiger partial charge in [-0.1, -0.05) is 0 Å². The molecule has 0 fully saturated rings. The number of thiazole rings is 1. The van der Waals surface area contributed by atoms with Gasteiger partial charge in [0.15, 0.2) is 0 Å². The van der Waals surface area contributed by atoms with Gasteiger partial charge in [-0.25, -0.2) is 14.8 Å². The van der Waals surface area contributed by atoms with E-state index >= 15 is 0 Å². The van der Waals surface area contributed by atoms with Crippen molar-refractivity contribution in [3.8, 4) is 10.7 Å². The average molecular weight is 251 g/mol. The molecular formula is C11H13N3O2S. The number of aryl methyl sites for hydroxylation is 1. The van der Waals surface area contributed by atoms with Crippen LogP contribution in [0.2, 0.25) is 0 Å². The Balaban J connectivity index is 2.50. The molecule has 0 aliphatic carbocycles. The lowest BCUT2D eigenvalue weighted by Crippen LogP contribution is -2.00. The van der Waals surface area contributed by atoms with E-state index in [1.807, 2.05) is 18.4 Å². The van der Waals surface area contributed by atoms with E-state index in [2.05, 4.69) is 9.97 Å². The maximum atomic E-state index is 11.0. The van der Waals surface area contributed by atoms with Gasteiger partial charge < -0.3 is 9.67 Å².